The van der Waals surface area contributed by atoms with E-state index in [4.69, 9.17) is 17.3 Å². The van der Waals surface area contributed by atoms with Crippen molar-refractivity contribution in [1.82, 2.24) is 0 Å². The number of hydrogen-bond acceptors (Lipinski definition) is 2. The highest BCUT2D eigenvalue weighted by molar-refractivity contribution is 6.30. The fourth-order valence-electron chi connectivity index (χ4n) is 2.00. The number of likely N-dealkylation sites (N-methyl/N-ethyl adjacent to an activating group) is 1. The molecule has 0 aromatic heterocycles. The van der Waals surface area contributed by atoms with Crippen LogP contribution in [0.25, 0.3) is 11.1 Å². The number of amides is 1. The van der Waals surface area contributed by atoms with Crippen molar-refractivity contribution in [3.63, 3.8) is 0 Å². The van der Waals surface area contributed by atoms with Gasteiger partial charge in [-0.15, -0.1) is 0 Å². The lowest BCUT2D eigenvalue weighted by Crippen LogP contribution is -2.30. The fraction of sp³-hybridized carbons (Fsp3) is 0.133. The van der Waals surface area contributed by atoms with E-state index in [0.717, 1.165) is 16.8 Å². The lowest BCUT2D eigenvalue weighted by atomic mass is 10.0. The van der Waals surface area contributed by atoms with Gasteiger partial charge in [0.05, 0.1) is 6.54 Å². The Kier molecular flexibility index (Phi) is 4.07. The Morgan fingerprint density at radius 1 is 1.16 bits per heavy atom. The van der Waals surface area contributed by atoms with Crippen molar-refractivity contribution in [1.29, 1.82) is 0 Å². The smallest absolute Gasteiger partial charge is 0.236 e. The monoisotopic (exact) mass is 274 g/mol. The van der Waals surface area contributed by atoms with E-state index in [1.54, 1.807) is 0 Å². The van der Waals surface area contributed by atoms with Crippen LogP contribution < -0.4 is 10.6 Å². The average molecular weight is 275 g/mol. The molecule has 19 heavy (non-hydrogen) atoms. The van der Waals surface area contributed by atoms with Crippen LogP contribution in [0, 0.1) is 0 Å². The Labute approximate surface area is 117 Å². The van der Waals surface area contributed by atoms with E-state index in [-0.39, 0.29) is 12.5 Å². The molecule has 2 aromatic carbocycles. The topological polar surface area (TPSA) is 46.3 Å². The first-order valence-electron chi connectivity index (χ1n) is 5.92. The quantitative estimate of drug-likeness (QED) is 0.932. The molecule has 0 bridgehead atoms. The molecule has 0 unspecified atom stereocenters. The van der Waals surface area contributed by atoms with E-state index in [2.05, 4.69) is 0 Å². The third-order valence-electron chi connectivity index (χ3n) is 2.86. The predicted molar refractivity (Wildman–Crippen MR) is 79.4 cm³/mol. The molecule has 0 aliphatic rings. The average Bonchev–Trinajstić information content (AvgIpc) is 2.39. The van der Waals surface area contributed by atoms with Crippen molar-refractivity contribution in [2.75, 3.05) is 18.5 Å². The van der Waals surface area contributed by atoms with Crippen LogP contribution in [0.2, 0.25) is 5.02 Å². The number of rotatable bonds is 4. The maximum atomic E-state index is 11.0. The normalized spacial score (nSPS) is 10.2. The largest absolute Gasteiger partial charge is 0.368 e. The summed E-state index contributed by atoms with van der Waals surface area (Å²) in [4.78, 5) is 12.9. The van der Waals surface area contributed by atoms with Crippen molar-refractivity contribution in [2.24, 2.45) is 5.73 Å². The first-order chi connectivity index (χ1) is 9.08. The van der Waals surface area contributed by atoms with Crippen LogP contribution in [0.4, 0.5) is 5.69 Å². The minimum atomic E-state index is -0.353. The van der Waals surface area contributed by atoms with Gasteiger partial charge in [0.25, 0.3) is 0 Å². The number of anilines is 1. The Hall–Kier alpha value is -2.00. The molecule has 0 saturated heterocycles. The molecular weight excluding hydrogens is 260 g/mol. The number of carbonyl (C=O) groups is 1. The van der Waals surface area contributed by atoms with Gasteiger partial charge in [-0.05, 0) is 23.8 Å². The van der Waals surface area contributed by atoms with Gasteiger partial charge in [0.15, 0.2) is 0 Å². The van der Waals surface area contributed by atoms with Gasteiger partial charge in [0, 0.05) is 23.3 Å². The van der Waals surface area contributed by atoms with Crippen molar-refractivity contribution in [2.45, 2.75) is 0 Å². The molecule has 0 atom stereocenters. The van der Waals surface area contributed by atoms with E-state index in [1.807, 2.05) is 60.5 Å². The van der Waals surface area contributed by atoms with Gasteiger partial charge in [0.2, 0.25) is 5.91 Å². The van der Waals surface area contributed by atoms with Crippen molar-refractivity contribution in [3.05, 3.63) is 53.6 Å². The van der Waals surface area contributed by atoms with Gasteiger partial charge < -0.3 is 10.6 Å². The second kappa shape index (κ2) is 5.76. The molecule has 0 aliphatic heterocycles. The van der Waals surface area contributed by atoms with Gasteiger partial charge in [-0.25, -0.2) is 0 Å². The first-order valence-corrected chi connectivity index (χ1v) is 6.30. The standard InChI is InChI=1S/C15H15ClN2O/c1-18(10-15(17)19)14-5-3-2-4-13(14)11-6-8-12(16)9-7-11/h2-9H,10H2,1H3,(H2,17,19). The van der Waals surface area contributed by atoms with Gasteiger partial charge in [0.1, 0.15) is 0 Å². The number of benzene rings is 2. The molecule has 2 rings (SSSR count). The molecule has 0 spiro atoms. The molecule has 1 amide bonds. The van der Waals surface area contributed by atoms with Gasteiger partial charge in [-0.1, -0.05) is 41.9 Å². The van der Waals surface area contributed by atoms with Gasteiger partial charge in [-0.2, -0.15) is 0 Å². The lowest BCUT2D eigenvalue weighted by molar-refractivity contribution is -0.116. The Morgan fingerprint density at radius 3 is 2.42 bits per heavy atom. The van der Waals surface area contributed by atoms with E-state index in [1.165, 1.54) is 0 Å². The molecule has 2 aromatic rings. The van der Waals surface area contributed by atoms with Gasteiger partial charge >= 0.3 is 0 Å². The second-order valence-corrected chi connectivity index (χ2v) is 4.78. The number of primary amides is 1. The van der Waals surface area contributed by atoms with Crippen LogP contribution >= 0.6 is 11.6 Å². The third-order valence-corrected chi connectivity index (χ3v) is 3.12. The highest BCUT2D eigenvalue weighted by Crippen LogP contribution is 2.30. The number of halogens is 1. The molecule has 4 heteroatoms. The third kappa shape index (κ3) is 3.26. The molecule has 0 heterocycles. The van der Waals surface area contributed by atoms with Crippen molar-refractivity contribution < 1.29 is 4.79 Å². The summed E-state index contributed by atoms with van der Waals surface area (Å²) in [5.41, 5.74) is 8.30. The molecule has 0 radical (unpaired) electrons. The molecule has 0 fully saturated rings. The minimum Gasteiger partial charge on any atom is -0.368 e. The molecule has 3 nitrogen and oxygen atoms in total. The van der Waals surface area contributed by atoms with Crippen LogP contribution in [-0.2, 0) is 4.79 Å². The van der Waals surface area contributed by atoms with Crippen LogP contribution in [0.5, 0.6) is 0 Å². The first kappa shape index (κ1) is 13.4. The van der Waals surface area contributed by atoms with E-state index < -0.39 is 0 Å². The van der Waals surface area contributed by atoms with Crippen molar-refractivity contribution >= 4 is 23.2 Å². The van der Waals surface area contributed by atoms with E-state index in [0.29, 0.717) is 5.02 Å². The second-order valence-electron chi connectivity index (χ2n) is 4.35. The maximum absolute atomic E-state index is 11.0. The number of hydrogen-bond donors (Lipinski definition) is 1. The summed E-state index contributed by atoms with van der Waals surface area (Å²) in [5.74, 6) is -0.353. The SMILES string of the molecule is CN(CC(N)=O)c1ccccc1-c1ccc(Cl)cc1. The van der Waals surface area contributed by atoms with Crippen LogP contribution in [0.3, 0.4) is 0 Å². The lowest BCUT2D eigenvalue weighted by Gasteiger charge is -2.21. The van der Waals surface area contributed by atoms with Crippen LogP contribution in [0.1, 0.15) is 0 Å². The molecular formula is C15H15ClN2O. The summed E-state index contributed by atoms with van der Waals surface area (Å²) >= 11 is 5.90. The summed E-state index contributed by atoms with van der Waals surface area (Å²) in [6, 6.07) is 15.5. The number of carbonyl (C=O) groups excluding carboxylic acids is 1. The van der Waals surface area contributed by atoms with E-state index in [9.17, 15) is 4.79 Å². The minimum absolute atomic E-state index is 0.185. The van der Waals surface area contributed by atoms with E-state index >= 15 is 0 Å². The number of nitrogens with two attached hydrogens (primary N) is 1. The zero-order valence-electron chi connectivity index (χ0n) is 10.6. The summed E-state index contributed by atoms with van der Waals surface area (Å²) < 4.78 is 0. The zero-order valence-corrected chi connectivity index (χ0v) is 11.4. The highest BCUT2D eigenvalue weighted by atomic mass is 35.5. The molecule has 98 valence electrons. The highest BCUT2D eigenvalue weighted by Gasteiger charge is 2.10. The fourth-order valence-corrected chi connectivity index (χ4v) is 2.12. The predicted octanol–water partition coefficient (Wildman–Crippen LogP) is 2.93. The summed E-state index contributed by atoms with van der Waals surface area (Å²) in [7, 11) is 1.85. The van der Waals surface area contributed by atoms with Crippen molar-refractivity contribution in [3.8, 4) is 11.1 Å². The maximum Gasteiger partial charge on any atom is 0.236 e. The molecule has 0 aliphatic carbocycles. The van der Waals surface area contributed by atoms with Crippen LogP contribution in [0.15, 0.2) is 48.5 Å². The zero-order chi connectivity index (χ0) is 13.8. The Balaban J connectivity index is 2.40. The van der Waals surface area contributed by atoms with Crippen LogP contribution in [-0.4, -0.2) is 19.5 Å². The van der Waals surface area contributed by atoms with Gasteiger partial charge in [-0.3, -0.25) is 4.79 Å². The molecule has 2 N–H and O–H groups in total. The number of para-hydroxylation sites is 1. The molecule has 0 saturated carbocycles. The number of nitrogens with zero attached hydrogens (tertiary/aromatic N) is 1. The Bertz CT molecular complexity index is 581. The summed E-state index contributed by atoms with van der Waals surface area (Å²) in [6.07, 6.45) is 0. The summed E-state index contributed by atoms with van der Waals surface area (Å²) in [5, 5.41) is 0.701. The summed E-state index contributed by atoms with van der Waals surface area (Å²) in [6.45, 7) is 0.185. The Morgan fingerprint density at radius 2 is 1.79 bits per heavy atom.